The number of fused-ring (bicyclic) bond motifs is 1. The molecule has 1 amide bonds. The highest BCUT2D eigenvalue weighted by Crippen LogP contribution is 2.28. The molecule has 2 aromatic carbocycles. The van der Waals surface area contributed by atoms with Crippen molar-refractivity contribution >= 4 is 16.9 Å². The van der Waals surface area contributed by atoms with Gasteiger partial charge in [-0.1, -0.05) is 30.3 Å². The zero-order valence-corrected chi connectivity index (χ0v) is 14.9. The van der Waals surface area contributed by atoms with E-state index in [9.17, 15) is 9.90 Å². The van der Waals surface area contributed by atoms with E-state index >= 15 is 0 Å². The number of carbonyl (C=O) groups is 1. The Labute approximate surface area is 153 Å². The van der Waals surface area contributed by atoms with Crippen LogP contribution in [0.1, 0.15) is 34.5 Å². The number of benzene rings is 2. The zero-order chi connectivity index (χ0) is 18.1. The van der Waals surface area contributed by atoms with E-state index in [2.05, 4.69) is 0 Å². The molecule has 0 saturated carbocycles. The lowest BCUT2D eigenvalue weighted by Gasteiger charge is -2.38. The number of rotatable bonds is 3. The maximum atomic E-state index is 12.8. The topological polar surface area (TPSA) is 53.7 Å². The van der Waals surface area contributed by atoms with Gasteiger partial charge in [-0.3, -0.25) is 4.79 Å². The monoisotopic (exact) mass is 349 g/mol. The number of aryl methyl sites for hydroxylation is 1. The molecule has 4 heteroatoms. The van der Waals surface area contributed by atoms with Crippen molar-refractivity contribution in [3.63, 3.8) is 0 Å². The first-order valence-electron chi connectivity index (χ1n) is 9.08. The summed E-state index contributed by atoms with van der Waals surface area (Å²) < 4.78 is 5.57. The van der Waals surface area contributed by atoms with E-state index in [4.69, 9.17) is 4.42 Å². The third-order valence-corrected chi connectivity index (χ3v) is 5.24. The summed E-state index contributed by atoms with van der Waals surface area (Å²) >= 11 is 0. The normalized spacial score (nSPS) is 16.8. The van der Waals surface area contributed by atoms with Gasteiger partial charge in [0.25, 0.3) is 5.91 Å². The number of nitrogens with zero attached hydrogens (tertiary/aromatic N) is 1. The van der Waals surface area contributed by atoms with E-state index in [1.54, 1.807) is 0 Å². The summed E-state index contributed by atoms with van der Waals surface area (Å²) in [5.74, 6) is 0.862. The van der Waals surface area contributed by atoms with E-state index < -0.39 is 5.60 Å². The molecule has 0 unspecified atom stereocenters. The van der Waals surface area contributed by atoms with E-state index in [1.165, 1.54) is 0 Å². The standard InChI is InChI=1S/C22H23NO3/c1-16-13-19-14-18(7-8-20(19)26-16)21(24)23-11-9-22(25,10-12-23)15-17-5-3-2-4-6-17/h2-8,13-14,25H,9-12,15H2,1H3. The second-order valence-corrected chi connectivity index (χ2v) is 7.29. The lowest BCUT2D eigenvalue weighted by molar-refractivity contribution is -0.0162. The highest BCUT2D eigenvalue weighted by Gasteiger charge is 2.34. The minimum atomic E-state index is -0.732. The van der Waals surface area contributed by atoms with Crippen LogP contribution in [0.2, 0.25) is 0 Å². The van der Waals surface area contributed by atoms with E-state index in [0.29, 0.717) is 37.9 Å². The minimum Gasteiger partial charge on any atom is -0.461 e. The molecule has 1 fully saturated rings. The fourth-order valence-corrected chi connectivity index (χ4v) is 3.77. The summed E-state index contributed by atoms with van der Waals surface area (Å²) in [4.78, 5) is 14.7. The van der Waals surface area contributed by atoms with Crippen LogP contribution in [0.4, 0.5) is 0 Å². The number of likely N-dealkylation sites (tertiary alicyclic amines) is 1. The van der Waals surface area contributed by atoms with Gasteiger partial charge in [0.05, 0.1) is 5.60 Å². The highest BCUT2D eigenvalue weighted by molar-refractivity contribution is 5.97. The molecule has 0 atom stereocenters. The van der Waals surface area contributed by atoms with Crippen molar-refractivity contribution in [3.8, 4) is 0 Å². The summed E-state index contributed by atoms with van der Waals surface area (Å²) in [6, 6.07) is 17.5. The van der Waals surface area contributed by atoms with Crippen LogP contribution in [-0.2, 0) is 6.42 Å². The van der Waals surface area contributed by atoms with E-state index in [0.717, 1.165) is 22.3 Å². The van der Waals surface area contributed by atoms with E-state index in [1.807, 2.05) is 66.4 Å². The molecule has 1 saturated heterocycles. The Morgan fingerprint density at radius 1 is 1.12 bits per heavy atom. The van der Waals surface area contributed by atoms with Gasteiger partial charge < -0.3 is 14.4 Å². The van der Waals surface area contributed by atoms with Gasteiger partial charge in [-0.15, -0.1) is 0 Å². The molecule has 1 aromatic heterocycles. The molecular formula is C22H23NO3. The van der Waals surface area contributed by atoms with Gasteiger partial charge in [0.1, 0.15) is 11.3 Å². The predicted octanol–water partition coefficient (Wildman–Crippen LogP) is 3.95. The van der Waals surface area contributed by atoms with Crippen molar-refractivity contribution in [2.75, 3.05) is 13.1 Å². The first-order valence-corrected chi connectivity index (χ1v) is 9.08. The summed E-state index contributed by atoms with van der Waals surface area (Å²) in [5.41, 5.74) is 1.88. The molecule has 3 aromatic rings. The number of hydrogen-bond donors (Lipinski definition) is 1. The lowest BCUT2D eigenvalue weighted by Crippen LogP contribution is -2.47. The first kappa shape index (κ1) is 16.9. The smallest absolute Gasteiger partial charge is 0.253 e. The average Bonchev–Trinajstić information content (AvgIpc) is 3.01. The van der Waals surface area contributed by atoms with Crippen molar-refractivity contribution in [1.29, 1.82) is 0 Å². The Morgan fingerprint density at radius 3 is 2.58 bits per heavy atom. The fraction of sp³-hybridized carbons (Fsp3) is 0.318. The Bertz CT molecular complexity index is 921. The summed E-state index contributed by atoms with van der Waals surface area (Å²) in [6.07, 6.45) is 1.83. The van der Waals surface area contributed by atoms with Crippen molar-refractivity contribution in [2.45, 2.75) is 31.8 Å². The van der Waals surface area contributed by atoms with Gasteiger partial charge in [-0.2, -0.15) is 0 Å². The Hall–Kier alpha value is -2.59. The molecule has 4 nitrogen and oxygen atoms in total. The number of piperidine rings is 1. The summed E-state index contributed by atoms with van der Waals surface area (Å²) in [6.45, 7) is 3.05. The molecule has 26 heavy (non-hydrogen) atoms. The van der Waals surface area contributed by atoms with Crippen LogP contribution in [0, 0.1) is 6.92 Å². The molecule has 1 aliphatic heterocycles. The van der Waals surface area contributed by atoms with Crippen molar-refractivity contribution in [3.05, 3.63) is 71.5 Å². The van der Waals surface area contributed by atoms with Gasteiger partial charge in [-0.05, 0) is 49.6 Å². The molecule has 0 radical (unpaired) electrons. The number of aliphatic hydroxyl groups is 1. The SMILES string of the molecule is Cc1cc2cc(C(=O)N3CCC(O)(Cc4ccccc4)CC3)ccc2o1. The molecule has 2 heterocycles. The second-order valence-electron chi connectivity index (χ2n) is 7.29. The predicted molar refractivity (Wildman–Crippen MR) is 101 cm³/mol. The van der Waals surface area contributed by atoms with Gasteiger partial charge in [0.15, 0.2) is 0 Å². The number of carbonyl (C=O) groups excluding carboxylic acids is 1. The van der Waals surface area contributed by atoms with Crippen LogP contribution < -0.4 is 0 Å². The maximum Gasteiger partial charge on any atom is 0.253 e. The van der Waals surface area contributed by atoms with Gasteiger partial charge in [0, 0.05) is 30.5 Å². The van der Waals surface area contributed by atoms with Crippen LogP contribution >= 0.6 is 0 Å². The molecule has 1 aliphatic rings. The lowest BCUT2D eigenvalue weighted by atomic mass is 9.85. The van der Waals surface area contributed by atoms with Gasteiger partial charge >= 0.3 is 0 Å². The first-order chi connectivity index (χ1) is 12.5. The van der Waals surface area contributed by atoms with E-state index in [-0.39, 0.29) is 5.91 Å². The maximum absolute atomic E-state index is 12.8. The molecule has 0 spiro atoms. The molecule has 0 bridgehead atoms. The fourth-order valence-electron chi connectivity index (χ4n) is 3.77. The van der Waals surface area contributed by atoms with Gasteiger partial charge in [0.2, 0.25) is 0 Å². The van der Waals surface area contributed by atoms with Crippen molar-refractivity contribution < 1.29 is 14.3 Å². The number of hydrogen-bond acceptors (Lipinski definition) is 3. The van der Waals surface area contributed by atoms with Crippen LogP contribution in [0.3, 0.4) is 0 Å². The number of amides is 1. The summed E-state index contributed by atoms with van der Waals surface area (Å²) in [7, 11) is 0. The summed E-state index contributed by atoms with van der Waals surface area (Å²) in [5, 5.41) is 11.8. The molecular weight excluding hydrogens is 326 g/mol. The Balaban J connectivity index is 1.44. The third kappa shape index (κ3) is 3.37. The quantitative estimate of drug-likeness (QED) is 0.779. The highest BCUT2D eigenvalue weighted by atomic mass is 16.3. The molecule has 0 aliphatic carbocycles. The molecule has 134 valence electrons. The second kappa shape index (κ2) is 6.61. The molecule has 1 N–H and O–H groups in total. The average molecular weight is 349 g/mol. The Morgan fingerprint density at radius 2 is 1.85 bits per heavy atom. The largest absolute Gasteiger partial charge is 0.461 e. The zero-order valence-electron chi connectivity index (χ0n) is 14.9. The molecule has 4 rings (SSSR count). The number of furan rings is 1. The van der Waals surface area contributed by atoms with Crippen molar-refractivity contribution in [2.24, 2.45) is 0 Å². The Kier molecular flexibility index (Phi) is 4.29. The minimum absolute atomic E-state index is 0.0208. The van der Waals surface area contributed by atoms with Gasteiger partial charge in [-0.25, -0.2) is 0 Å². The van der Waals surface area contributed by atoms with Crippen molar-refractivity contribution in [1.82, 2.24) is 4.90 Å². The third-order valence-electron chi connectivity index (χ3n) is 5.24. The van der Waals surface area contributed by atoms with Crippen LogP contribution in [0.15, 0.2) is 59.0 Å². The van der Waals surface area contributed by atoms with Crippen LogP contribution in [0.5, 0.6) is 0 Å². The van der Waals surface area contributed by atoms with Crippen LogP contribution in [0.25, 0.3) is 11.0 Å². The van der Waals surface area contributed by atoms with Crippen LogP contribution in [-0.4, -0.2) is 34.6 Å².